The average molecular weight is 576 g/mol. The van der Waals surface area contributed by atoms with Gasteiger partial charge in [0.15, 0.2) is 11.6 Å². The minimum Gasteiger partial charge on any atom is -0.488 e. The molecule has 5 heterocycles. The van der Waals surface area contributed by atoms with E-state index in [0.717, 1.165) is 55.4 Å². The molecule has 0 unspecified atom stereocenters. The smallest absolute Gasteiger partial charge is 0.227 e. The van der Waals surface area contributed by atoms with E-state index in [0.29, 0.717) is 45.3 Å². The van der Waals surface area contributed by atoms with Gasteiger partial charge < -0.3 is 24.6 Å². The molecule has 0 spiro atoms. The van der Waals surface area contributed by atoms with Crippen LogP contribution in [-0.4, -0.2) is 46.4 Å². The van der Waals surface area contributed by atoms with Gasteiger partial charge in [-0.05, 0) is 75.8 Å². The molecule has 6 aromatic rings. The number of furan rings is 1. The van der Waals surface area contributed by atoms with E-state index in [1.807, 2.05) is 54.0 Å². The molecule has 2 aliphatic rings. The molecule has 2 saturated carbocycles. The Hall–Kier alpha value is -5.26. The van der Waals surface area contributed by atoms with Crippen LogP contribution in [0.1, 0.15) is 44.2 Å². The van der Waals surface area contributed by atoms with Gasteiger partial charge in [-0.2, -0.15) is 9.67 Å². The number of rotatable bonds is 7. The molecule has 12 nitrogen and oxygen atoms in total. The van der Waals surface area contributed by atoms with Gasteiger partial charge >= 0.3 is 0 Å². The first-order valence-electron chi connectivity index (χ1n) is 14.5. The van der Waals surface area contributed by atoms with Crippen molar-refractivity contribution in [2.24, 2.45) is 5.92 Å². The van der Waals surface area contributed by atoms with Crippen LogP contribution in [0, 0.1) is 12.8 Å². The number of pyridine rings is 1. The van der Waals surface area contributed by atoms with E-state index in [9.17, 15) is 4.79 Å². The van der Waals surface area contributed by atoms with E-state index in [1.54, 1.807) is 17.0 Å². The molecule has 0 atom stereocenters. The van der Waals surface area contributed by atoms with Crippen LogP contribution < -0.4 is 15.8 Å². The van der Waals surface area contributed by atoms with E-state index in [4.69, 9.17) is 14.9 Å². The Labute approximate surface area is 245 Å². The summed E-state index contributed by atoms with van der Waals surface area (Å²) in [7, 11) is 0. The summed E-state index contributed by atoms with van der Waals surface area (Å²) in [6, 6.07) is 11.2. The summed E-state index contributed by atoms with van der Waals surface area (Å²) in [5, 5.41) is 12.1. The van der Waals surface area contributed by atoms with Crippen molar-refractivity contribution >= 4 is 34.2 Å². The minimum absolute atomic E-state index is 0.00859. The lowest BCUT2D eigenvalue weighted by Crippen LogP contribution is -2.17. The lowest BCUT2D eigenvalue weighted by atomic mass is 10.0. The number of fused-ring (bicyclic) bond motifs is 2. The molecular weight excluding hydrogens is 546 g/mol. The largest absolute Gasteiger partial charge is 0.488 e. The molecule has 1 amide bonds. The molecule has 43 heavy (non-hydrogen) atoms. The van der Waals surface area contributed by atoms with Crippen LogP contribution in [0.5, 0.6) is 5.75 Å². The summed E-state index contributed by atoms with van der Waals surface area (Å²) < 4.78 is 15.8. The Balaban J connectivity index is 1.33. The standard InChI is InChI=1S/C31H29N9O3/c1-17-15-33-26-11-10-19(16-39(17)26)27-28(24-7-4-12-42-24)35-31(32)36-29(27)40-23-13-22(34-30(41)18-8-9-18)25(14-21(23)37-38-40)43-20-5-2-3-6-20/h4,7,10-16,18,20H,2-3,5-6,8-9H2,1H3,(H,34,41)(H2,32,35,36). The SMILES string of the molecule is Cc1cnc2ccc(-c3c(-c4ccco4)nc(N)nc3-n3nnc4cc(OC5CCCC5)c(NC(=O)C5CC5)cc43)cn12. The third-order valence-electron chi connectivity index (χ3n) is 8.19. The molecule has 2 aliphatic carbocycles. The van der Waals surface area contributed by atoms with Crippen LogP contribution in [0.3, 0.4) is 0 Å². The quantitative estimate of drug-likeness (QED) is 0.257. The number of anilines is 2. The van der Waals surface area contributed by atoms with Crippen LogP contribution in [0.25, 0.3) is 45.1 Å². The number of carbonyl (C=O) groups is 1. The van der Waals surface area contributed by atoms with Crippen molar-refractivity contribution in [2.45, 2.75) is 51.6 Å². The van der Waals surface area contributed by atoms with Crippen molar-refractivity contribution in [3.63, 3.8) is 0 Å². The number of carbonyl (C=O) groups excluding carboxylic acids is 1. The molecule has 3 N–H and O–H groups in total. The lowest BCUT2D eigenvalue weighted by Gasteiger charge is -2.18. The molecule has 0 radical (unpaired) electrons. The normalized spacial score (nSPS) is 15.5. The average Bonchev–Trinajstić information content (AvgIpc) is 3.39. The van der Waals surface area contributed by atoms with E-state index < -0.39 is 0 Å². The highest BCUT2D eigenvalue weighted by atomic mass is 16.5. The number of hydrogen-bond donors (Lipinski definition) is 2. The number of nitrogens with zero attached hydrogens (tertiary/aromatic N) is 7. The molecule has 12 heteroatoms. The third-order valence-corrected chi connectivity index (χ3v) is 8.19. The van der Waals surface area contributed by atoms with E-state index in [2.05, 4.69) is 30.6 Å². The second-order valence-corrected chi connectivity index (χ2v) is 11.3. The van der Waals surface area contributed by atoms with E-state index in [1.165, 1.54) is 0 Å². The maximum absolute atomic E-state index is 12.9. The zero-order valence-corrected chi connectivity index (χ0v) is 23.5. The second kappa shape index (κ2) is 9.93. The predicted molar refractivity (Wildman–Crippen MR) is 160 cm³/mol. The first-order chi connectivity index (χ1) is 21.0. The number of nitrogens with one attached hydrogen (secondary N) is 1. The lowest BCUT2D eigenvalue weighted by molar-refractivity contribution is -0.117. The fourth-order valence-corrected chi connectivity index (χ4v) is 5.79. The summed E-state index contributed by atoms with van der Waals surface area (Å²) in [6.45, 7) is 1.99. The molecule has 0 saturated heterocycles. The van der Waals surface area contributed by atoms with Gasteiger partial charge in [0.2, 0.25) is 11.9 Å². The van der Waals surface area contributed by atoms with Gasteiger partial charge in [0.05, 0.1) is 29.1 Å². The van der Waals surface area contributed by atoms with E-state index >= 15 is 0 Å². The van der Waals surface area contributed by atoms with Crippen molar-refractivity contribution in [1.82, 2.24) is 34.3 Å². The van der Waals surface area contributed by atoms with Crippen LogP contribution in [0.15, 0.2) is 59.5 Å². The van der Waals surface area contributed by atoms with Crippen molar-refractivity contribution < 1.29 is 13.9 Å². The topological polar surface area (TPSA) is 151 Å². The van der Waals surface area contributed by atoms with Crippen LogP contribution in [0.2, 0.25) is 0 Å². The maximum atomic E-state index is 12.9. The van der Waals surface area contributed by atoms with Crippen molar-refractivity contribution in [3.8, 4) is 34.1 Å². The van der Waals surface area contributed by atoms with Gasteiger partial charge in [-0.15, -0.1) is 5.10 Å². The number of benzene rings is 1. The number of imidazole rings is 1. The summed E-state index contributed by atoms with van der Waals surface area (Å²) in [5.74, 6) is 1.62. The number of aryl methyl sites for hydroxylation is 1. The Morgan fingerprint density at radius 3 is 2.77 bits per heavy atom. The van der Waals surface area contributed by atoms with Crippen LogP contribution >= 0.6 is 0 Å². The van der Waals surface area contributed by atoms with Crippen LogP contribution in [-0.2, 0) is 4.79 Å². The zero-order valence-electron chi connectivity index (χ0n) is 23.5. The van der Waals surface area contributed by atoms with Crippen molar-refractivity contribution in [2.75, 3.05) is 11.1 Å². The van der Waals surface area contributed by atoms with Crippen molar-refractivity contribution in [3.05, 3.63) is 60.7 Å². The number of nitrogen functional groups attached to an aromatic ring is 1. The summed E-state index contributed by atoms with van der Waals surface area (Å²) >= 11 is 0. The molecule has 2 fully saturated rings. The number of ether oxygens (including phenoxy) is 1. The second-order valence-electron chi connectivity index (χ2n) is 11.3. The van der Waals surface area contributed by atoms with Gasteiger partial charge in [0, 0.05) is 35.6 Å². The van der Waals surface area contributed by atoms with E-state index in [-0.39, 0.29) is 23.9 Å². The molecular formula is C31H29N9O3. The highest BCUT2D eigenvalue weighted by Crippen LogP contribution is 2.39. The Kier molecular flexibility index (Phi) is 5.88. The Morgan fingerprint density at radius 2 is 1.98 bits per heavy atom. The zero-order chi connectivity index (χ0) is 29.1. The maximum Gasteiger partial charge on any atom is 0.227 e. The highest BCUT2D eigenvalue weighted by molar-refractivity contribution is 5.98. The minimum atomic E-state index is -0.00859. The highest BCUT2D eigenvalue weighted by Gasteiger charge is 2.31. The molecule has 8 rings (SSSR count). The number of hydrogen-bond acceptors (Lipinski definition) is 9. The first-order valence-corrected chi connectivity index (χ1v) is 14.5. The predicted octanol–water partition coefficient (Wildman–Crippen LogP) is 5.35. The van der Waals surface area contributed by atoms with Gasteiger partial charge in [-0.3, -0.25) is 4.79 Å². The molecule has 216 valence electrons. The fourth-order valence-electron chi connectivity index (χ4n) is 5.79. The number of aromatic nitrogens is 7. The fraction of sp³-hybridized carbons (Fsp3) is 0.290. The molecule has 0 bridgehead atoms. The molecule has 0 aliphatic heterocycles. The molecule has 5 aromatic heterocycles. The van der Waals surface area contributed by atoms with Gasteiger partial charge in [0.1, 0.15) is 22.6 Å². The number of nitrogens with two attached hydrogens (primary N) is 1. The monoisotopic (exact) mass is 575 g/mol. The Bertz CT molecular complexity index is 2000. The van der Waals surface area contributed by atoms with Crippen LogP contribution in [0.4, 0.5) is 11.6 Å². The molecule has 1 aromatic carbocycles. The van der Waals surface area contributed by atoms with Gasteiger partial charge in [-0.1, -0.05) is 5.21 Å². The Morgan fingerprint density at radius 1 is 1.12 bits per heavy atom. The van der Waals surface area contributed by atoms with Crippen molar-refractivity contribution in [1.29, 1.82) is 0 Å². The summed E-state index contributed by atoms with van der Waals surface area (Å²) in [5.41, 5.74) is 11.9. The van der Waals surface area contributed by atoms with Gasteiger partial charge in [0.25, 0.3) is 0 Å². The first kappa shape index (κ1) is 25.5. The third kappa shape index (κ3) is 4.55. The number of amides is 1. The van der Waals surface area contributed by atoms with Gasteiger partial charge in [-0.25, -0.2) is 9.97 Å². The summed E-state index contributed by atoms with van der Waals surface area (Å²) in [4.78, 5) is 26.6. The summed E-state index contributed by atoms with van der Waals surface area (Å²) in [6.07, 6.45) is 11.5.